The van der Waals surface area contributed by atoms with Gasteiger partial charge in [0.05, 0.1) is 4.34 Å². The third-order valence-corrected chi connectivity index (χ3v) is 4.91. The number of rotatable bonds is 5. The number of aryl methyl sites for hydroxylation is 1. The van der Waals surface area contributed by atoms with Gasteiger partial charge in [-0.1, -0.05) is 29.8 Å². The second-order valence-corrected chi connectivity index (χ2v) is 6.99. The van der Waals surface area contributed by atoms with Gasteiger partial charge in [0.1, 0.15) is 0 Å². The fourth-order valence-electron chi connectivity index (χ4n) is 2.47. The minimum absolute atomic E-state index is 0. The van der Waals surface area contributed by atoms with Gasteiger partial charge in [-0.25, -0.2) is 0 Å². The van der Waals surface area contributed by atoms with E-state index in [1.807, 2.05) is 12.1 Å². The van der Waals surface area contributed by atoms with Gasteiger partial charge in [-0.05, 0) is 35.2 Å². The summed E-state index contributed by atoms with van der Waals surface area (Å²) in [5.74, 6) is 0.0816. The van der Waals surface area contributed by atoms with E-state index < -0.39 is 0 Å². The summed E-state index contributed by atoms with van der Waals surface area (Å²) >= 11 is 7.41. The third kappa shape index (κ3) is 4.46. The maximum Gasteiger partial charge on any atom is 0.220 e. The highest BCUT2D eigenvalue weighted by molar-refractivity contribution is 7.16. The summed E-state index contributed by atoms with van der Waals surface area (Å²) in [6.07, 6.45) is 1.25. The average Bonchev–Trinajstić information content (AvgIpc) is 3.10. The van der Waals surface area contributed by atoms with Crippen molar-refractivity contribution < 1.29 is 4.79 Å². The van der Waals surface area contributed by atoms with Crippen molar-refractivity contribution in [3.8, 4) is 0 Å². The van der Waals surface area contributed by atoms with Gasteiger partial charge in [-0.3, -0.25) is 4.79 Å². The number of carbonyl (C=O) groups is 1. The van der Waals surface area contributed by atoms with Crippen LogP contribution in [0.1, 0.15) is 28.0 Å². The summed E-state index contributed by atoms with van der Waals surface area (Å²) in [6.45, 7) is 2.47. The summed E-state index contributed by atoms with van der Waals surface area (Å²) < 4.78 is 0.775. The number of hydrogen-bond acceptors (Lipinski definition) is 3. The van der Waals surface area contributed by atoms with Crippen LogP contribution in [0, 0.1) is 0 Å². The quantitative estimate of drug-likeness (QED) is 0.857. The first-order chi connectivity index (χ1) is 10.2. The number of fused-ring (bicyclic) bond motifs is 1. The summed E-state index contributed by atoms with van der Waals surface area (Å²) in [4.78, 5) is 13.0. The standard InChI is InChI=1S/C16H17ClN2OS.ClH/c17-15-5-3-14(21-15)4-6-16(20)19-8-11-1-2-12-9-18-10-13(12)7-11;/h1-3,5,7,18H,4,6,8-10H2,(H,19,20);1H. The maximum absolute atomic E-state index is 11.9. The second-order valence-electron chi connectivity index (χ2n) is 5.19. The van der Waals surface area contributed by atoms with Crippen molar-refractivity contribution in [1.29, 1.82) is 0 Å². The number of thiophene rings is 1. The predicted molar refractivity (Wildman–Crippen MR) is 93.7 cm³/mol. The molecule has 0 bridgehead atoms. The molecule has 0 saturated carbocycles. The Hall–Kier alpha value is -1.07. The molecule has 0 atom stereocenters. The molecule has 0 unspecified atom stereocenters. The lowest BCUT2D eigenvalue weighted by Gasteiger charge is -2.07. The Balaban J connectivity index is 0.00000176. The molecule has 1 aromatic carbocycles. The van der Waals surface area contributed by atoms with E-state index in [4.69, 9.17) is 11.6 Å². The van der Waals surface area contributed by atoms with Crippen LogP contribution < -0.4 is 10.6 Å². The lowest BCUT2D eigenvalue weighted by Crippen LogP contribution is -2.22. The normalized spacial score (nSPS) is 12.6. The average molecular weight is 357 g/mol. The van der Waals surface area contributed by atoms with Crippen LogP contribution in [-0.4, -0.2) is 5.91 Å². The highest BCUT2D eigenvalue weighted by Gasteiger charge is 2.10. The van der Waals surface area contributed by atoms with Gasteiger partial charge < -0.3 is 10.6 Å². The molecule has 3 nitrogen and oxygen atoms in total. The highest BCUT2D eigenvalue weighted by Crippen LogP contribution is 2.22. The molecule has 2 heterocycles. The van der Waals surface area contributed by atoms with E-state index >= 15 is 0 Å². The topological polar surface area (TPSA) is 41.1 Å². The second kappa shape index (κ2) is 7.97. The number of amides is 1. The molecule has 1 amide bonds. The van der Waals surface area contributed by atoms with E-state index in [0.29, 0.717) is 13.0 Å². The molecule has 0 fully saturated rings. The van der Waals surface area contributed by atoms with Crippen LogP contribution in [0.2, 0.25) is 4.34 Å². The monoisotopic (exact) mass is 356 g/mol. The van der Waals surface area contributed by atoms with E-state index in [9.17, 15) is 4.79 Å². The molecule has 0 aliphatic carbocycles. The van der Waals surface area contributed by atoms with E-state index in [2.05, 4.69) is 28.8 Å². The SMILES string of the molecule is Cl.O=C(CCc1ccc(Cl)s1)NCc1ccc2c(c1)CNC2. The first-order valence-corrected chi connectivity index (χ1v) is 8.22. The molecular formula is C16H18Cl2N2OS. The zero-order valence-corrected chi connectivity index (χ0v) is 14.4. The molecule has 2 aromatic rings. The Morgan fingerprint density at radius 2 is 2.05 bits per heavy atom. The fourth-order valence-corrected chi connectivity index (χ4v) is 3.56. The summed E-state index contributed by atoms with van der Waals surface area (Å²) in [5.41, 5.74) is 3.86. The zero-order valence-electron chi connectivity index (χ0n) is 12.0. The van der Waals surface area contributed by atoms with E-state index in [-0.39, 0.29) is 18.3 Å². The van der Waals surface area contributed by atoms with Gasteiger partial charge in [0, 0.05) is 30.9 Å². The number of hydrogen-bond donors (Lipinski definition) is 2. The molecule has 3 rings (SSSR count). The molecule has 1 aliphatic rings. The Morgan fingerprint density at radius 3 is 2.82 bits per heavy atom. The molecule has 118 valence electrons. The Bertz CT molecular complexity index is 657. The molecule has 22 heavy (non-hydrogen) atoms. The summed E-state index contributed by atoms with van der Waals surface area (Å²) in [6, 6.07) is 10.3. The van der Waals surface area contributed by atoms with Crippen molar-refractivity contribution in [3.63, 3.8) is 0 Å². The van der Waals surface area contributed by atoms with Gasteiger partial charge in [0.2, 0.25) is 5.91 Å². The van der Waals surface area contributed by atoms with Crippen LogP contribution >= 0.6 is 35.3 Å². The molecule has 0 saturated heterocycles. The number of carbonyl (C=O) groups excluding carboxylic acids is 1. The molecule has 1 aliphatic heterocycles. The predicted octanol–water partition coefficient (Wildman–Crippen LogP) is 3.68. The summed E-state index contributed by atoms with van der Waals surface area (Å²) in [5, 5.41) is 6.30. The zero-order chi connectivity index (χ0) is 14.7. The van der Waals surface area contributed by atoms with Gasteiger partial charge in [-0.2, -0.15) is 0 Å². The van der Waals surface area contributed by atoms with Gasteiger partial charge >= 0.3 is 0 Å². The molecule has 0 radical (unpaired) electrons. The lowest BCUT2D eigenvalue weighted by atomic mass is 10.1. The van der Waals surface area contributed by atoms with Crippen LogP contribution in [0.25, 0.3) is 0 Å². The Morgan fingerprint density at radius 1 is 1.23 bits per heavy atom. The number of benzene rings is 1. The minimum Gasteiger partial charge on any atom is -0.352 e. The minimum atomic E-state index is 0. The third-order valence-electron chi connectivity index (χ3n) is 3.62. The van der Waals surface area contributed by atoms with Crippen molar-refractivity contribution in [2.45, 2.75) is 32.5 Å². The largest absolute Gasteiger partial charge is 0.352 e. The highest BCUT2D eigenvalue weighted by atomic mass is 35.5. The van der Waals surface area contributed by atoms with Gasteiger partial charge in [0.15, 0.2) is 0 Å². The first kappa shape index (κ1) is 17.3. The Kier molecular flexibility index (Phi) is 6.26. The van der Waals surface area contributed by atoms with Gasteiger partial charge in [-0.15, -0.1) is 23.7 Å². The summed E-state index contributed by atoms with van der Waals surface area (Å²) in [7, 11) is 0. The lowest BCUT2D eigenvalue weighted by molar-refractivity contribution is -0.121. The fraction of sp³-hybridized carbons (Fsp3) is 0.312. The smallest absolute Gasteiger partial charge is 0.220 e. The van der Waals surface area contributed by atoms with E-state index in [1.54, 1.807) is 0 Å². The van der Waals surface area contributed by atoms with Crippen molar-refractivity contribution in [3.05, 3.63) is 56.2 Å². The molecule has 1 aromatic heterocycles. The Labute approximate surface area is 145 Å². The van der Waals surface area contributed by atoms with Crippen molar-refractivity contribution >= 4 is 41.3 Å². The van der Waals surface area contributed by atoms with Crippen LogP contribution in [-0.2, 0) is 30.8 Å². The van der Waals surface area contributed by atoms with Crippen LogP contribution in [0.15, 0.2) is 30.3 Å². The molecule has 2 N–H and O–H groups in total. The molecule has 6 heteroatoms. The number of nitrogens with one attached hydrogen (secondary N) is 2. The van der Waals surface area contributed by atoms with Crippen molar-refractivity contribution in [2.75, 3.05) is 0 Å². The maximum atomic E-state index is 11.9. The van der Waals surface area contributed by atoms with Crippen molar-refractivity contribution in [2.24, 2.45) is 0 Å². The first-order valence-electron chi connectivity index (χ1n) is 7.03. The van der Waals surface area contributed by atoms with E-state index in [0.717, 1.165) is 34.3 Å². The van der Waals surface area contributed by atoms with Gasteiger partial charge in [0.25, 0.3) is 0 Å². The molecule has 0 spiro atoms. The van der Waals surface area contributed by atoms with E-state index in [1.165, 1.54) is 22.5 Å². The number of halogens is 2. The molecular weight excluding hydrogens is 339 g/mol. The van der Waals surface area contributed by atoms with Crippen LogP contribution in [0.5, 0.6) is 0 Å². The van der Waals surface area contributed by atoms with Crippen molar-refractivity contribution in [1.82, 2.24) is 10.6 Å². The van der Waals surface area contributed by atoms with Crippen LogP contribution in [0.3, 0.4) is 0 Å². The van der Waals surface area contributed by atoms with Crippen LogP contribution in [0.4, 0.5) is 0 Å².